The third-order valence-corrected chi connectivity index (χ3v) is 9.82. The first kappa shape index (κ1) is 46.7. The van der Waals surface area contributed by atoms with Crippen molar-refractivity contribution in [3.05, 3.63) is 137 Å². The molecular formula is C35H29F4N4Na2O8PS. The number of rotatable bonds is 14. The van der Waals surface area contributed by atoms with Crippen LogP contribution in [0.2, 0.25) is 0 Å². The van der Waals surface area contributed by atoms with E-state index >= 15 is 4.39 Å². The van der Waals surface area contributed by atoms with Gasteiger partial charge in [-0.25, -0.2) is 32.0 Å². The van der Waals surface area contributed by atoms with Crippen molar-refractivity contribution in [1.29, 1.82) is 5.26 Å². The molecule has 5 rings (SSSR count). The Labute approximate surface area is 361 Å². The van der Waals surface area contributed by atoms with Gasteiger partial charge in [0, 0.05) is 22.4 Å². The van der Waals surface area contributed by atoms with Crippen LogP contribution in [0.15, 0.2) is 85.5 Å². The molecule has 2 heterocycles. The zero-order valence-electron chi connectivity index (χ0n) is 29.6. The summed E-state index contributed by atoms with van der Waals surface area (Å²) in [4.78, 5) is 40.2. The molecule has 12 nitrogen and oxygen atoms in total. The van der Waals surface area contributed by atoms with E-state index in [0.29, 0.717) is 6.07 Å². The first-order chi connectivity index (χ1) is 25.3. The number of phosphoric acid groups is 1. The van der Waals surface area contributed by atoms with E-state index in [1.165, 1.54) is 47.3 Å². The molecule has 0 spiro atoms. The molecule has 278 valence electrons. The molecule has 55 heavy (non-hydrogen) atoms. The smallest absolute Gasteiger partial charge is 0.790 e. The first-order valence-corrected chi connectivity index (χ1v) is 18.1. The number of benzene rings is 3. The quantitative estimate of drug-likeness (QED) is 0.0498. The summed E-state index contributed by atoms with van der Waals surface area (Å²) in [6.07, 6.45) is 7.94. The van der Waals surface area contributed by atoms with E-state index in [1.54, 1.807) is 25.2 Å². The molecule has 0 aliphatic carbocycles. The van der Waals surface area contributed by atoms with Crippen molar-refractivity contribution >= 4 is 31.6 Å². The normalized spacial score (nSPS) is 17.5. The van der Waals surface area contributed by atoms with Gasteiger partial charge in [0.05, 0.1) is 56.6 Å². The van der Waals surface area contributed by atoms with Crippen molar-refractivity contribution in [3.8, 4) is 6.07 Å². The molecule has 3 aromatic carbocycles. The van der Waals surface area contributed by atoms with Crippen LogP contribution in [0.5, 0.6) is 0 Å². The van der Waals surface area contributed by atoms with Crippen molar-refractivity contribution in [1.82, 2.24) is 14.8 Å². The number of hydrogen-bond acceptors (Lipinski definition) is 12. The van der Waals surface area contributed by atoms with E-state index in [9.17, 15) is 32.3 Å². The fourth-order valence-electron chi connectivity index (χ4n) is 5.36. The molecule has 1 fully saturated rings. The third kappa shape index (κ3) is 12.9. The Kier molecular flexibility index (Phi) is 18.0. The molecule has 2 atom stereocenters. The van der Waals surface area contributed by atoms with Crippen LogP contribution in [0.1, 0.15) is 39.5 Å². The summed E-state index contributed by atoms with van der Waals surface area (Å²) >= 11 is 1.18. The molecule has 0 unspecified atom stereocenters. The predicted octanol–water partition coefficient (Wildman–Crippen LogP) is -1.06. The van der Waals surface area contributed by atoms with E-state index in [0.717, 1.165) is 36.4 Å². The van der Waals surface area contributed by atoms with E-state index < -0.39 is 71.6 Å². The minimum absolute atomic E-state index is 0. The average Bonchev–Trinajstić information content (AvgIpc) is 3.63. The van der Waals surface area contributed by atoms with Gasteiger partial charge < -0.3 is 33.1 Å². The molecule has 1 saturated heterocycles. The van der Waals surface area contributed by atoms with Gasteiger partial charge in [-0.15, -0.1) is 11.8 Å². The molecule has 4 aromatic rings. The van der Waals surface area contributed by atoms with Gasteiger partial charge >= 0.3 is 65.1 Å². The van der Waals surface area contributed by atoms with Gasteiger partial charge in [0.15, 0.2) is 11.9 Å². The van der Waals surface area contributed by atoms with E-state index in [-0.39, 0.29) is 101 Å². The Morgan fingerprint density at radius 3 is 2.42 bits per heavy atom. The summed E-state index contributed by atoms with van der Waals surface area (Å²) in [6.45, 7) is 0.519. The number of phosphoric ester groups is 1. The second-order valence-corrected chi connectivity index (χ2v) is 14.3. The number of aromatic nitrogens is 3. The van der Waals surface area contributed by atoms with Crippen molar-refractivity contribution in [2.75, 3.05) is 13.2 Å². The Balaban J connectivity index is 0.00000406. The average molecular weight is 819 g/mol. The molecule has 1 aromatic heterocycles. The number of nitrogens with zero attached hydrogens (tertiary/aromatic N) is 4. The summed E-state index contributed by atoms with van der Waals surface area (Å²) in [5.74, 6) is -4.72. The van der Waals surface area contributed by atoms with Crippen molar-refractivity contribution < 1.29 is 115 Å². The molecule has 0 bridgehead atoms. The fraction of sp³-hybridized carbons (Fsp3) is 0.257. The number of carbonyl (C=O) groups is 1. The van der Waals surface area contributed by atoms with Gasteiger partial charge in [0.2, 0.25) is 0 Å². The predicted molar refractivity (Wildman–Crippen MR) is 178 cm³/mol. The topological polar surface area (TPSA) is 172 Å². The van der Waals surface area contributed by atoms with E-state index in [2.05, 4.69) is 14.6 Å². The number of esters is 1. The van der Waals surface area contributed by atoms with Crippen LogP contribution < -0.4 is 68.9 Å². The second kappa shape index (κ2) is 21.2. The van der Waals surface area contributed by atoms with Crippen LogP contribution in [0.3, 0.4) is 0 Å². The number of allylic oxidation sites excluding steroid dienone is 2. The van der Waals surface area contributed by atoms with Gasteiger partial charge in [-0.3, -0.25) is 0 Å². The van der Waals surface area contributed by atoms with Gasteiger partial charge in [0.25, 0.3) is 0 Å². The Morgan fingerprint density at radius 1 is 1.07 bits per heavy atom. The number of nitriles is 1. The Morgan fingerprint density at radius 2 is 1.78 bits per heavy atom. The minimum Gasteiger partial charge on any atom is -0.790 e. The second-order valence-electron chi connectivity index (χ2n) is 11.5. The Bertz CT molecular complexity index is 2080. The fourth-order valence-corrected chi connectivity index (χ4v) is 7.02. The monoisotopic (exact) mass is 818 g/mol. The number of carbonyl (C=O) groups excluding carboxylic acids is 1. The summed E-state index contributed by atoms with van der Waals surface area (Å²) in [5, 5.41) is 11.7. The molecule has 0 radical (unpaired) electrons. The standard InChI is InChI=1S/C35H31F4N4O8PS.2Na/c1-22(53-28-17-48-33(49-18-28)5-3-2-4-24-7-6-23(15-40)12-31(24)38)35(19-43-21-41-20-42-43,30-11-10-27(37)14-32(30)39)51-34(44)29-13-26(36)9-8-25(29)16-50-52(45,46)47;;/h2-14,20-22,28,33H,16-19H2,1H3,(H2,45,46,47);;/q;2*+1/p-2/t22-,28?,33?,35-;;/m1../s1. The summed E-state index contributed by atoms with van der Waals surface area (Å²) in [6, 6.07) is 11.3. The first-order valence-electron chi connectivity index (χ1n) is 15.7. The maximum absolute atomic E-state index is 15.8. The summed E-state index contributed by atoms with van der Waals surface area (Å²) in [5.41, 5.74) is -2.56. The number of hydrogen-bond donors (Lipinski definition) is 0. The van der Waals surface area contributed by atoms with Crippen LogP contribution in [-0.2, 0) is 42.1 Å². The van der Waals surface area contributed by atoms with Crippen LogP contribution >= 0.6 is 19.6 Å². The largest absolute Gasteiger partial charge is 1.00 e. The zero-order chi connectivity index (χ0) is 38.2. The molecule has 0 N–H and O–H groups in total. The van der Waals surface area contributed by atoms with Crippen LogP contribution in [0.4, 0.5) is 17.6 Å². The molecular weight excluding hydrogens is 789 g/mol. The van der Waals surface area contributed by atoms with Gasteiger partial charge in [-0.2, -0.15) is 10.4 Å². The minimum atomic E-state index is -5.51. The van der Waals surface area contributed by atoms with E-state index in [1.807, 2.05) is 6.07 Å². The third-order valence-electron chi connectivity index (χ3n) is 7.93. The number of thioether (sulfide) groups is 1. The molecule has 1 aliphatic rings. The molecule has 20 heteroatoms. The summed E-state index contributed by atoms with van der Waals surface area (Å²) in [7, 11) is -5.51. The SMILES string of the molecule is C[C@@H](SC1COC(C=CC=Cc2ccc(C#N)cc2F)OC1)[C@@](Cn1cncn1)(OC(=O)c1cc(F)ccc1COP(=O)([O-])[O-])c1ccc(F)cc1F.[Na+].[Na+]. The van der Waals surface area contributed by atoms with Crippen molar-refractivity contribution in [2.45, 2.75) is 42.5 Å². The van der Waals surface area contributed by atoms with E-state index in [4.69, 9.17) is 19.5 Å². The number of halogens is 4. The summed E-state index contributed by atoms with van der Waals surface area (Å²) < 4.78 is 93.1. The van der Waals surface area contributed by atoms with Crippen LogP contribution in [-0.4, -0.2) is 50.7 Å². The van der Waals surface area contributed by atoms with Crippen molar-refractivity contribution in [3.63, 3.8) is 0 Å². The molecule has 1 aliphatic heterocycles. The zero-order valence-corrected chi connectivity index (χ0v) is 35.4. The van der Waals surface area contributed by atoms with Crippen LogP contribution in [0.25, 0.3) is 6.08 Å². The van der Waals surface area contributed by atoms with Crippen molar-refractivity contribution in [2.24, 2.45) is 0 Å². The van der Waals surface area contributed by atoms with Gasteiger partial charge in [0.1, 0.15) is 35.9 Å². The van der Waals surface area contributed by atoms with Gasteiger partial charge in [-0.1, -0.05) is 30.4 Å². The molecule has 0 saturated carbocycles. The van der Waals surface area contributed by atoms with Crippen LogP contribution in [0, 0.1) is 34.6 Å². The maximum atomic E-state index is 15.8. The molecule has 0 amide bonds. The Hall–Kier alpha value is -2.66. The maximum Gasteiger partial charge on any atom is 1.00 e. The van der Waals surface area contributed by atoms with Gasteiger partial charge in [-0.05, 0) is 55.0 Å². The number of ether oxygens (including phenoxy) is 3.